The molecule has 1 amide bonds. The van der Waals surface area contributed by atoms with E-state index in [0.717, 1.165) is 5.56 Å². The Morgan fingerprint density at radius 2 is 2.05 bits per heavy atom. The quantitative estimate of drug-likeness (QED) is 0.774. The summed E-state index contributed by atoms with van der Waals surface area (Å²) in [5.74, 6) is 0.648. The van der Waals surface area contributed by atoms with Crippen molar-refractivity contribution in [3.8, 4) is 5.75 Å². The van der Waals surface area contributed by atoms with Gasteiger partial charge in [-0.15, -0.1) is 0 Å². The fraction of sp³-hybridized carbons (Fsp3) is 0.267. The lowest BCUT2D eigenvalue weighted by atomic mass is 10.1. The molecule has 106 valence electrons. The Morgan fingerprint density at radius 1 is 1.35 bits per heavy atom. The van der Waals surface area contributed by atoms with Crippen molar-refractivity contribution in [3.63, 3.8) is 0 Å². The molecule has 2 aromatic rings. The summed E-state index contributed by atoms with van der Waals surface area (Å²) in [6, 6.07) is 9.36. The van der Waals surface area contributed by atoms with Crippen LogP contribution in [0.1, 0.15) is 24.3 Å². The standard InChI is InChI=1S/C15H18N2O3/c1-10(14-3-2-8-20-14)17-15(19)13(16)9-11-4-6-12(18)7-5-11/h2-8,10,13,18H,9,16H2,1H3,(H,17,19)/t10-,13?/m0/s1. The third kappa shape index (κ3) is 3.61. The lowest BCUT2D eigenvalue weighted by Crippen LogP contribution is -2.42. The fourth-order valence-corrected chi connectivity index (χ4v) is 1.91. The van der Waals surface area contributed by atoms with E-state index in [1.165, 1.54) is 0 Å². The number of aromatic hydroxyl groups is 1. The summed E-state index contributed by atoms with van der Waals surface area (Å²) in [5, 5.41) is 12.0. The third-order valence-electron chi connectivity index (χ3n) is 3.06. The van der Waals surface area contributed by atoms with E-state index < -0.39 is 6.04 Å². The maximum Gasteiger partial charge on any atom is 0.237 e. The Labute approximate surface area is 117 Å². The Kier molecular flexibility index (Phi) is 4.42. The lowest BCUT2D eigenvalue weighted by molar-refractivity contribution is -0.123. The maximum absolute atomic E-state index is 12.0. The molecule has 5 heteroatoms. The first-order valence-electron chi connectivity index (χ1n) is 6.43. The van der Waals surface area contributed by atoms with Crippen molar-refractivity contribution in [1.82, 2.24) is 5.32 Å². The van der Waals surface area contributed by atoms with Crippen molar-refractivity contribution >= 4 is 5.91 Å². The van der Waals surface area contributed by atoms with Crippen molar-refractivity contribution < 1.29 is 14.3 Å². The number of nitrogens with two attached hydrogens (primary N) is 1. The molecular weight excluding hydrogens is 256 g/mol. The molecular formula is C15H18N2O3. The number of hydrogen-bond acceptors (Lipinski definition) is 4. The van der Waals surface area contributed by atoms with Crippen molar-refractivity contribution in [2.45, 2.75) is 25.4 Å². The molecule has 0 saturated heterocycles. The highest BCUT2D eigenvalue weighted by atomic mass is 16.3. The van der Waals surface area contributed by atoms with Gasteiger partial charge in [0.25, 0.3) is 0 Å². The average molecular weight is 274 g/mol. The normalized spacial score (nSPS) is 13.7. The minimum atomic E-state index is -0.642. The summed E-state index contributed by atoms with van der Waals surface area (Å²) in [4.78, 5) is 12.0. The van der Waals surface area contributed by atoms with E-state index >= 15 is 0 Å². The molecule has 0 aliphatic rings. The number of carbonyl (C=O) groups is 1. The molecule has 0 aliphatic carbocycles. The lowest BCUT2D eigenvalue weighted by Gasteiger charge is -2.16. The molecule has 0 bridgehead atoms. The number of hydrogen-bond donors (Lipinski definition) is 3. The van der Waals surface area contributed by atoms with Crippen molar-refractivity contribution in [2.75, 3.05) is 0 Å². The van der Waals surface area contributed by atoms with E-state index in [4.69, 9.17) is 10.2 Å². The first-order chi connectivity index (χ1) is 9.56. The molecule has 1 unspecified atom stereocenters. The molecule has 2 atom stereocenters. The molecule has 2 rings (SSSR count). The number of benzene rings is 1. The molecule has 5 nitrogen and oxygen atoms in total. The van der Waals surface area contributed by atoms with Gasteiger partial charge in [0.1, 0.15) is 11.5 Å². The predicted octanol–water partition coefficient (Wildman–Crippen LogP) is 1.73. The van der Waals surface area contributed by atoms with Crippen LogP contribution in [0.4, 0.5) is 0 Å². The van der Waals surface area contributed by atoms with Gasteiger partial charge in [0.05, 0.1) is 18.3 Å². The highest BCUT2D eigenvalue weighted by Crippen LogP contribution is 2.13. The largest absolute Gasteiger partial charge is 0.508 e. The average Bonchev–Trinajstić information content (AvgIpc) is 2.95. The molecule has 0 radical (unpaired) electrons. The van der Waals surface area contributed by atoms with Gasteiger partial charge in [0.15, 0.2) is 0 Å². The summed E-state index contributed by atoms with van der Waals surface area (Å²) < 4.78 is 5.22. The molecule has 0 saturated carbocycles. The van der Waals surface area contributed by atoms with Crippen LogP contribution in [0.15, 0.2) is 47.1 Å². The molecule has 0 spiro atoms. The van der Waals surface area contributed by atoms with Gasteiger partial charge in [-0.2, -0.15) is 0 Å². The number of nitrogens with one attached hydrogen (secondary N) is 1. The first-order valence-corrected chi connectivity index (χ1v) is 6.43. The number of rotatable bonds is 5. The van der Waals surface area contributed by atoms with Crippen LogP contribution in [0.25, 0.3) is 0 Å². The summed E-state index contributed by atoms with van der Waals surface area (Å²) in [7, 11) is 0. The van der Waals surface area contributed by atoms with E-state index in [9.17, 15) is 9.90 Å². The van der Waals surface area contributed by atoms with E-state index in [0.29, 0.717) is 12.2 Å². The van der Waals surface area contributed by atoms with Gasteiger partial charge in [0.2, 0.25) is 5.91 Å². The predicted molar refractivity (Wildman–Crippen MR) is 75.1 cm³/mol. The van der Waals surface area contributed by atoms with Crippen molar-refractivity contribution in [1.29, 1.82) is 0 Å². The molecule has 4 N–H and O–H groups in total. The molecule has 0 aliphatic heterocycles. The second-order valence-electron chi connectivity index (χ2n) is 4.72. The fourth-order valence-electron chi connectivity index (χ4n) is 1.91. The number of amides is 1. The first kappa shape index (κ1) is 14.1. The highest BCUT2D eigenvalue weighted by molar-refractivity contribution is 5.82. The van der Waals surface area contributed by atoms with Crippen LogP contribution in [0, 0.1) is 0 Å². The zero-order valence-corrected chi connectivity index (χ0v) is 11.2. The molecule has 0 fully saturated rings. The summed E-state index contributed by atoms with van der Waals surface area (Å²) in [6.45, 7) is 1.84. The SMILES string of the molecule is C[C@H](NC(=O)C(N)Cc1ccc(O)cc1)c1ccco1. The Morgan fingerprint density at radius 3 is 2.65 bits per heavy atom. The Hall–Kier alpha value is -2.27. The van der Waals surface area contributed by atoms with Gasteiger partial charge in [0, 0.05) is 0 Å². The Balaban J connectivity index is 1.90. The number of carbonyl (C=O) groups excluding carboxylic acids is 1. The van der Waals surface area contributed by atoms with E-state index in [2.05, 4.69) is 5.32 Å². The van der Waals surface area contributed by atoms with Crippen LogP contribution in [0.2, 0.25) is 0 Å². The number of phenolic OH excluding ortho intramolecular Hbond substituents is 1. The van der Waals surface area contributed by atoms with E-state index in [1.54, 1.807) is 42.7 Å². The van der Waals surface area contributed by atoms with Crippen LogP contribution in [-0.2, 0) is 11.2 Å². The van der Waals surface area contributed by atoms with Crippen LogP contribution < -0.4 is 11.1 Å². The number of phenols is 1. The minimum absolute atomic E-state index is 0.193. The van der Waals surface area contributed by atoms with Gasteiger partial charge in [-0.1, -0.05) is 12.1 Å². The zero-order valence-electron chi connectivity index (χ0n) is 11.2. The Bertz CT molecular complexity index is 549. The van der Waals surface area contributed by atoms with E-state index in [1.807, 2.05) is 6.92 Å². The third-order valence-corrected chi connectivity index (χ3v) is 3.06. The van der Waals surface area contributed by atoms with Gasteiger partial charge >= 0.3 is 0 Å². The summed E-state index contributed by atoms with van der Waals surface area (Å²) >= 11 is 0. The summed E-state index contributed by atoms with van der Waals surface area (Å²) in [5.41, 5.74) is 6.78. The number of furan rings is 1. The second-order valence-corrected chi connectivity index (χ2v) is 4.72. The molecule has 1 aromatic heterocycles. The van der Waals surface area contributed by atoms with E-state index in [-0.39, 0.29) is 17.7 Å². The van der Waals surface area contributed by atoms with Gasteiger partial charge in [-0.05, 0) is 43.2 Å². The van der Waals surface area contributed by atoms with Crippen molar-refractivity contribution in [2.24, 2.45) is 5.73 Å². The summed E-state index contributed by atoms with van der Waals surface area (Å²) in [6.07, 6.45) is 1.98. The maximum atomic E-state index is 12.0. The van der Waals surface area contributed by atoms with Gasteiger partial charge in [-0.25, -0.2) is 0 Å². The molecule has 20 heavy (non-hydrogen) atoms. The molecule has 1 aromatic carbocycles. The van der Waals surface area contributed by atoms with Crippen LogP contribution in [0.3, 0.4) is 0 Å². The van der Waals surface area contributed by atoms with Crippen molar-refractivity contribution in [3.05, 3.63) is 54.0 Å². The topological polar surface area (TPSA) is 88.5 Å². The zero-order chi connectivity index (χ0) is 14.5. The smallest absolute Gasteiger partial charge is 0.237 e. The van der Waals surface area contributed by atoms with Gasteiger partial charge < -0.3 is 20.6 Å². The van der Waals surface area contributed by atoms with Crippen LogP contribution in [-0.4, -0.2) is 17.1 Å². The highest BCUT2D eigenvalue weighted by Gasteiger charge is 2.18. The minimum Gasteiger partial charge on any atom is -0.508 e. The van der Waals surface area contributed by atoms with Gasteiger partial charge in [-0.3, -0.25) is 4.79 Å². The van der Waals surface area contributed by atoms with Crippen LogP contribution in [0.5, 0.6) is 5.75 Å². The second kappa shape index (κ2) is 6.25. The molecule has 1 heterocycles. The van der Waals surface area contributed by atoms with Crippen LogP contribution >= 0.6 is 0 Å². The monoisotopic (exact) mass is 274 g/mol.